The predicted molar refractivity (Wildman–Crippen MR) is 50.4 cm³/mol. The highest BCUT2D eigenvalue weighted by atomic mass is 16.1. The lowest BCUT2D eigenvalue weighted by Gasteiger charge is -2.20. The Hall–Kier alpha value is -1.16. The smallest absolute Gasteiger partial charge is 0.147 e. The van der Waals surface area contributed by atoms with Gasteiger partial charge in [-0.25, -0.2) is 4.98 Å². The fraction of sp³-hybridized carbons (Fsp3) is 0.556. The van der Waals surface area contributed by atoms with Crippen LogP contribution in [0.15, 0.2) is 12.5 Å². The van der Waals surface area contributed by atoms with E-state index in [1.54, 1.807) is 19.4 Å². The second kappa shape index (κ2) is 4.18. The van der Waals surface area contributed by atoms with Crippen LogP contribution in [0.1, 0.15) is 12.6 Å². The normalized spacial score (nSPS) is 13.2. The first-order valence-electron chi connectivity index (χ1n) is 4.25. The van der Waals surface area contributed by atoms with Crippen molar-refractivity contribution in [3.63, 3.8) is 0 Å². The van der Waals surface area contributed by atoms with Crippen molar-refractivity contribution in [2.75, 3.05) is 14.1 Å². The van der Waals surface area contributed by atoms with Crippen LogP contribution in [0.3, 0.4) is 0 Å². The van der Waals surface area contributed by atoms with Crippen LogP contribution in [0, 0.1) is 0 Å². The molecule has 0 saturated heterocycles. The maximum Gasteiger partial charge on any atom is 0.147 e. The Morgan fingerprint density at radius 3 is 2.77 bits per heavy atom. The maximum atomic E-state index is 11.2. The Bertz CT molecular complexity index is 266. The summed E-state index contributed by atoms with van der Waals surface area (Å²) in [5.74, 6) is 0.180. The van der Waals surface area contributed by atoms with E-state index in [0.717, 1.165) is 5.69 Å². The van der Waals surface area contributed by atoms with Gasteiger partial charge < -0.3 is 4.98 Å². The molecule has 72 valence electrons. The summed E-state index contributed by atoms with van der Waals surface area (Å²) >= 11 is 0. The number of hydrogen-bond acceptors (Lipinski definition) is 3. The molecular weight excluding hydrogens is 166 g/mol. The third-order valence-electron chi connectivity index (χ3n) is 2.06. The van der Waals surface area contributed by atoms with Crippen molar-refractivity contribution in [1.29, 1.82) is 0 Å². The number of aromatic nitrogens is 2. The van der Waals surface area contributed by atoms with E-state index in [0.29, 0.717) is 6.42 Å². The number of Topliss-reactive ketones (excluding diaryl/α,β-unsaturated/α-hetero) is 1. The minimum atomic E-state index is -0.0551. The quantitative estimate of drug-likeness (QED) is 0.734. The number of likely N-dealkylation sites (N-methyl/N-ethyl adjacent to an activating group) is 1. The average Bonchev–Trinajstić information content (AvgIpc) is 2.50. The van der Waals surface area contributed by atoms with Gasteiger partial charge in [-0.1, -0.05) is 0 Å². The van der Waals surface area contributed by atoms with Crippen LogP contribution in [-0.4, -0.2) is 40.8 Å². The van der Waals surface area contributed by atoms with Crippen molar-refractivity contribution < 1.29 is 4.79 Å². The van der Waals surface area contributed by atoms with Crippen molar-refractivity contribution in [3.05, 3.63) is 18.2 Å². The van der Waals surface area contributed by atoms with Gasteiger partial charge >= 0.3 is 0 Å². The molecule has 1 rings (SSSR count). The van der Waals surface area contributed by atoms with Gasteiger partial charge in [-0.2, -0.15) is 0 Å². The summed E-state index contributed by atoms with van der Waals surface area (Å²) in [5, 5.41) is 0. The highest BCUT2D eigenvalue weighted by Crippen LogP contribution is 2.03. The number of nitrogens with one attached hydrogen (secondary N) is 1. The lowest BCUT2D eigenvalue weighted by Crippen LogP contribution is -2.36. The second-order valence-electron chi connectivity index (χ2n) is 3.37. The largest absolute Gasteiger partial charge is 0.348 e. The first kappa shape index (κ1) is 9.92. The van der Waals surface area contributed by atoms with Crippen molar-refractivity contribution in [2.24, 2.45) is 0 Å². The molecule has 4 heteroatoms. The van der Waals surface area contributed by atoms with Crippen LogP contribution in [0.25, 0.3) is 0 Å². The van der Waals surface area contributed by atoms with Gasteiger partial charge in [0.25, 0.3) is 0 Å². The van der Waals surface area contributed by atoms with Crippen LogP contribution < -0.4 is 0 Å². The minimum Gasteiger partial charge on any atom is -0.348 e. The third kappa shape index (κ3) is 2.66. The Morgan fingerprint density at radius 2 is 2.38 bits per heavy atom. The summed E-state index contributed by atoms with van der Waals surface area (Å²) in [6, 6.07) is -0.0551. The van der Waals surface area contributed by atoms with Crippen LogP contribution in [0.5, 0.6) is 0 Å². The van der Waals surface area contributed by atoms with E-state index in [1.807, 2.05) is 19.0 Å². The first-order chi connectivity index (χ1) is 6.11. The van der Waals surface area contributed by atoms with Gasteiger partial charge in [0.1, 0.15) is 5.78 Å². The van der Waals surface area contributed by atoms with Gasteiger partial charge in [0.15, 0.2) is 0 Å². The molecule has 1 atom stereocenters. The van der Waals surface area contributed by atoms with Crippen LogP contribution in [0.4, 0.5) is 0 Å². The number of carbonyl (C=O) groups excluding carboxylic acids is 1. The molecule has 1 N–H and O–H groups in total. The Balaban J connectivity index is 2.63. The second-order valence-corrected chi connectivity index (χ2v) is 3.37. The van der Waals surface area contributed by atoms with Gasteiger partial charge in [0.2, 0.25) is 0 Å². The van der Waals surface area contributed by atoms with Gasteiger partial charge in [0, 0.05) is 18.3 Å². The molecule has 0 aliphatic carbocycles. The summed E-state index contributed by atoms with van der Waals surface area (Å²) in [6.45, 7) is 1.61. The van der Waals surface area contributed by atoms with Gasteiger partial charge in [-0.3, -0.25) is 9.69 Å². The molecule has 0 unspecified atom stereocenters. The summed E-state index contributed by atoms with van der Waals surface area (Å²) in [7, 11) is 3.81. The zero-order valence-corrected chi connectivity index (χ0v) is 8.24. The third-order valence-corrected chi connectivity index (χ3v) is 2.06. The number of rotatable bonds is 4. The molecule has 0 aromatic carbocycles. The standard InChI is InChI=1S/C9H15N3O/c1-7(13)9(12(2)3)4-8-5-10-6-11-8/h5-6,9H,4H2,1-3H3,(H,10,11)/t9-/m0/s1. The minimum absolute atomic E-state index is 0.0551. The summed E-state index contributed by atoms with van der Waals surface area (Å²) in [4.78, 5) is 20.1. The molecule has 1 aromatic rings. The zero-order chi connectivity index (χ0) is 9.84. The van der Waals surface area contributed by atoms with E-state index < -0.39 is 0 Å². The molecule has 0 spiro atoms. The number of imidazole rings is 1. The van der Waals surface area contributed by atoms with E-state index in [-0.39, 0.29) is 11.8 Å². The highest BCUT2D eigenvalue weighted by molar-refractivity contribution is 5.81. The first-order valence-corrected chi connectivity index (χ1v) is 4.25. The molecule has 0 bridgehead atoms. The molecule has 1 heterocycles. The average molecular weight is 181 g/mol. The number of aromatic amines is 1. The fourth-order valence-electron chi connectivity index (χ4n) is 1.29. The number of hydrogen-bond donors (Lipinski definition) is 1. The SMILES string of the molecule is CC(=O)[C@H](Cc1cnc[nH]1)N(C)C. The van der Waals surface area contributed by atoms with E-state index in [2.05, 4.69) is 9.97 Å². The van der Waals surface area contributed by atoms with Crippen molar-refractivity contribution in [2.45, 2.75) is 19.4 Å². The molecular formula is C9H15N3O. The summed E-state index contributed by atoms with van der Waals surface area (Å²) in [6.07, 6.45) is 4.07. The number of nitrogens with zero attached hydrogens (tertiary/aromatic N) is 2. The molecule has 0 aliphatic rings. The van der Waals surface area contributed by atoms with Gasteiger partial charge in [-0.05, 0) is 21.0 Å². The number of ketones is 1. The van der Waals surface area contributed by atoms with Gasteiger partial charge in [0.05, 0.1) is 12.4 Å². The highest BCUT2D eigenvalue weighted by Gasteiger charge is 2.17. The topological polar surface area (TPSA) is 49.0 Å². The van der Waals surface area contributed by atoms with Crippen LogP contribution in [0.2, 0.25) is 0 Å². The molecule has 0 radical (unpaired) electrons. The Kier molecular flexibility index (Phi) is 3.19. The van der Waals surface area contributed by atoms with Crippen molar-refractivity contribution >= 4 is 5.78 Å². The number of H-pyrrole nitrogens is 1. The van der Waals surface area contributed by atoms with Crippen LogP contribution >= 0.6 is 0 Å². The summed E-state index contributed by atoms with van der Waals surface area (Å²) < 4.78 is 0. The van der Waals surface area contributed by atoms with Crippen LogP contribution in [-0.2, 0) is 11.2 Å². The molecule has 0 aliphatic heterocycles. The van der Waals surface area contributed by atoms with E-state index >= 15 is 0 Å². The van der Waals surface area contributed by atoms with E-state index in [4.69, 9.17) is 0 Å². The molecule has 0 amide bonds. The monoisotopic (exact) mass is 181 g/mol. The maximum absolute atomic E-state index is 11.2. The molecule has 13 heavy (non-hydrogen) atoms. The molecule has 1 aromatic heterocycles. The molecule has 0 fully saturated rings. The Morgan fingerprint density at radius 1 is 1.69 bits per heavy atom. The van der Waals surface area contributed by atoms with E-state index in [1.165, 1.54) is 0 Å². The lowest BCUT2D eigenvalue weighted by atomic mass is 10.1. The van der Waals surface area contributed by atoms with E-state index in [9.17, 15) is 4.79 Å². The summed E-state index contributed by atoms with van der Waals surface area (Å²) in [5.41, 5.74) is 0.994. The molecule has 4 nitrogen and oxygen atoms in total. The van der Waals surface area contributed by atoms with Gasteiger partial charge in [-0.15, -0.1) is 0 Å². The van der Waals surface area contributed by atoms with Crippen molar-refractivity contribution in [1.82, 2.24) is 14.9 Å². The fourth-order valence-corrected chi connectivity index (χ4v) is 1.29. The Labute approximate surface area is 78.0 Å². The van der Waals surface area contributed by atoms with Crippen molar-refractivity contribution in [3.8, 4) is 0 Å². The predicted octanol–water partition coefficient (Wildman–Crippen LogP) is 0.471. The number of carbonyl (C=O) groups is 1. The zero-order valence-electron chi connectivity index (χ0n) is 8.24. The lowest BCUT2D eigenvalue weighted by molar-refractivity contribution is -0.121. The molecule has 0 saturated carbocycles.